The number of hydrogen-bond acceptors (Lipinski definition) is 7. The SMILES string of the molecule is N#Cc1c(NC(=O)COC(=O)CN2C(=O)[C@H]3CC=CC[C@H]3C2=O)sc2c1CCCCC2. The van der Waals surface area contributed by atoms with Gasteiger partial charge in [-0.25, -0.2) is 0 Å². The van der Waals surface area contributed by atoms with Crippen LogP contribution in [0.15, 0.2) is 12.2 Å². The molecule has 0 spiro atoms. The second kappa shape index (κ2) is 9.02. The van der Waals surface area contributed by atoms with Crippen molar-refractivity contribution in [3.63, 3.8) is 0 Å². The maximum atomic E-state index is 12.4. The summed E-state index contributed by atoms with van der Waals surface area (Å²) in [6.07, 6.45) is 9.68. The molecule has 1 aromatic heterocycles. The average Bonchev–Trinajstić information content (AvgIpc) is 3.09. The molecule has 2 aliphatic carbocycles. The maximum absolute atomic E-state index is 12.4. The van der Waals surface area contributed by atoms with Gasteiger partial charge >= 0.3 is 5.97 Å². The lowest BCUT2D eigenvalue weighted by Gasteiger charge is -2.14. The molecule has 0 unspecified atom stereocenters. The number of esters is 1. The van der Waals surface area contributed by atoms with Gasteiger partial charge in [0.1, 0.15) is 17.6 Å². The minimum atomic E-state index is -0.814. The normalized spacial score (nSPS) is 22.4. The van der Waals surface area contributed by atoms with Crippen LogP contribution in [0, 0.1) is 23.2 Å². The minimum absolute atomic E-state index is 0.362. The summed E-state index contributed by atoms with van der Waals surface area (Å²) in [5, 5.41) is 12.7. The number of allylic oxidation sites excluding steroid dienone is 2. The van der Waals surface area contributed by atoms with E-state index in [2.05, 4.69) is 11.4 Å². The number of thiophene rings is 1. The first-order valence-electron chi connectivity index (χ1n) is 10.5. The molecule has 3 amide bonds. The van der Waals surface area contributed by atoms with E-state index in [0.29, 0.717) is 23.4 Å². The molecule has 4 rings (SSSR count). The van der Waals surface area contributed by atoms with E-state index in [-0.39, 0.29) is 11.8 Å². The Morgan fingerprint density at radius 1 is 1.13 bits per heavy atom. The number of amides is 3. The van der Waals surface area contributed by atoms with E-state index in [1.807, 2.05) is 12.2 Å². The second-order valence-electron chi connectivity index (χ2n) is 8.01. The number of nitrogens with one attached hydrogen (secondary N) is 1. The highest BCUT2D eigenvalue weighted by Gasteiger charge is 2.47. The molecule has 1 aliphatic heterocycles. The van der Waals surface area contributed by atoms with Gasteiger partial charge in [-0.15, -0.1) is 11.3 Å². The molecule has 0 saturated carbocycles. The van der Waals surface area contributed by atoms with Gasteiger partial charge in [0.25, 0.3) is 5.91 Å². The molecule has 0 radical (unpaired) electrons. The van der Waals surface area contributed by atoms with E-state index in [1.54, 1.807) is 0 Å². The molecular formula is C22H23N3O5S. The van der Waals surface area contributed by atoms with Crippen LogP contribution in [0.4, 0.5) is 5.00 Å². The van der Waals surface area contributed by atoms with Crippen LogP contribution in [0.2, 0.25) is 0 Å². The first kappa shape index (κ1) is 21.2. The zero-order chi connectivity index (χ0) is 22.0. The minimum Gasteiger partial charge on any atom is -0.454 e. The molecule has 1 aromatic rings. The Bertz CT molecular complexity index is 980. The van der Waals surface area contributed by atoms with Crippen molar-refractivity contribution in [1.82, 2.24) is 4.90 Å². The number of carbonyl (C=O) groups excluding carboxylic acids is 4. The number of aryl methyl sites for hydroxylation is 1. The number of ether oxygens (including phenoxy) is 1. The summed E-state index contributed by atoms with van der Waals surface area (Å²) in [5.41, 5.74) is 1.50. The van der Waals surface area contributed by atoms with Crippen molar-refractivity contribution in [2.24, 2.45) is 11.8 Å². The molecule has 1 fully saturated rings. The molecule has 3 aliphatic rings. The Kier molecular flexibility index (Phi) is 6.18. The summed E-state index contributed by atoms with van der Waals surface area (Å²) in [7, 11) is 0. The van der Waals surface area contributed by atoms with Crippen molar-refractivity contribution in [2.75, 3.05) is 18.5 Å². The fraction of sp³-hybridized carbons (Fsp3) is 0.500. The van der Waals surface area contributed by atoms with Gasteiger partial charge in [0.05, 0.1) is 17.4 Å². The Morgan fingerprint density at radius 2 is 1.81 bits per heavy atom. The van der Waals surface area contributed by atoms with Crippen LogP contribution in [0.5, 0.6) is 0 Å². The van der Waals surface area contributed by atoms with Crippen LogP contribution in [0.25, 0.3) is 0 Å². The van der Waals surface area contributed by atoms with Gasteiger partial charge in [-0.1, -0.05) is 18.6 Å². The zero-order valence-electron chi connectivity index (χ0n) is 17.0. The summed E-state index contributed by atoms with van der Waals surface area (Å²) in [4.78, 5) is 51.3. The van der Waals surface area contributed by atoms with Crippen molar-refractivity contribution in [3.8, 4) is 6.07 Å². The highest BCUT2D eigenvalue weighted by molar-refractivity contribution is 7.16. The molecule has 1 N–H and O–H groups in total. The van der Waals surface area contributed by atoms with Crippen LogP contribution in [0.1, 0.15) is 48.1 Å². The molecule has 8 nitrogen and oxygen atoms in total. The molecule has 2 atom stereocenters. The van der Waals surface area contributed by atoms with Gasteiger partial charge in [0.2, 0.25) is 11.8 Å². The fourth-order valence-electron chi connectivity index (χ4n) is 4.46. The summed E-state index contributed by atoms with van der Waals surface area (Å²) in [6, 6.07) is 2.19. The summed E-state index contributed by atoms with van der Waals surface area (Å²) in [5.74, 6) is -2.91. The van der Waals surface area contributed by atoms with Gasteiger partial charge in [0, 0.05) is 4.88 Å². The Hall–Kier alpha value is -2.99. The number of nitriles is 1. The smallest absolute Gasteiger partial charge is 0.326 e. The van der Waals surface area contributed by atoms with E-state index >= 15 is 0 Å². The van der Waals surface area contributed by atoms with Gasteiger partial charge < -0.3 is 10.1 Å². The van der Waals surface area contributed by atoms with Crippen molar-refractivity contribution in [2.45, 2.75) is 44.9 Å². The first-order valence-corrected chi connectivity index (χ1v) is 11.3. The standard InChI is InChI=1S/C22H23N3O5S/c23-10-16-13-6-2-1-3-9-17(13)31-20(16)24-18(26)12-30-19(27)11-25-21(28)14-7-4-5-8-15(14)22(25)29/h4-5,14-15H,1-3,6-9,11-12H2,(H,24,26)/t14-,15+. The highest BCUT2D eigenvalue weighted by atomic mass is 32.1. The highest BCUT2D eigenvalue weighted by Crippen LogP contribution is 2.37. The van der Waals surface area contributed by atoms with E-state index in [9.17, 15) is 24.4 Å². The van der Waals surface area contributed by atoms with Crippen LogP contribution in [0.3, 0.4) is 0 Å². The molecule has 162 valence electrons. The predicted molar refractivity (Wildman–Crippen MR) is 112 cm³/mol. The largest absolute Gasteiger partial charge is 0.454 e. The van der Waals surface area contributed by atoms with Crippen LogP contribution in [-0.2, 0) is 36.8 Å². The number of rotatable bonds is 5. The molecule has 0 aromatic carbocycles. The zero-order valence-corrected chi connectivity index (χ0v) is 17.8. The van der Waals surface area contributed by atoms with E-state index in [1.165, 1.54) is 11.3 Å². The maximum Gasteiger partial charge on any atom is 0.326 e. The van der Waals surface area contributed by atoms with E-state index < -0.39 is 36.9 Å². The van der Waals surface area contributed by atoms with E-state index in [4.69, 9.17) is 4.74 Å². The Morgan fingerprint density at radius 3 is 2.48 bits per heavy atom. The number of likely N-dealkylation sites (tertiary alicyclic amines) is 1. The molecule has 0 bridgehead atoms. The van der Waals surface area contributed by atoms with Gasteiger partial charge in [-0.2, -0.15) is 5.26 Å². The van der Waals surface area contributed by atoms with Crippen molar-refractivity contribution in [3.05, 3.63) is 28.2 Å². The topological polar surface area (TPSA) is 117 Å². The Labute approximate surface area is 183 Å². The Balaban J connectivity index is 1.31. The lowest BCUT2D eigenvalue weighted by Crippen LogP contribution is -2.37. The first-order chi connectivity index (χ1) is 15.0. The molecule has 31 heavy (non-hydrogen) atoms. The average molecular weight is 442 g/mol. The third-order valence-corrected chi connectivity index (χ3v) is 7.24. The van der Waals surface area contributed by atoms with Crippen LogP contribution >= 0.6 is 11.3 Å². The second-order valence-corrected chi connectivity index (χ2v) is 9.11. The number of fused-ring (bicyclic) bond motifs is 2. The summed E-state index contributed by atoms with van der Waals surface area (Å²) >= 11 is 1.40. The number of hydrogen-bond donors (Lipinski definition) is 1. The molecule has 1 saturated heterocycles. The number of anilines is 1. The van der Waals surface area contributed by atoms with Crippen LogP contribution < -0.4 is 5.32 Å². The monoisotopic (exact) mass is 441 g/mol. The number of nitrogens with zero attached hydrogens (tertiary/aromatic N) is 2. The van der Waals surface area contributed by atoms with Gasteiger partial charge in [-0.3, -0.25) is 24.1 Å². The molecule has 9 heteroatoms. The van der Waals surface area contributed by atoms with Crippen LogP contribution in [-0.4, -0.2) is 41.7 Å². The van der Waals surface area contributed by atoms with Crippen molar-refractivity contribution >= 4 is 40.0 Å². The third kappa shape index (κ3) is 4.26. The summed E-state index contributed by atoms with van der Waals surface area (Å²) < 4.78 is 4.99. The predicted octanol–water partition coefficient (Wildman–Crippen LogP) is 2.32. The summed E-state index contributed by atoms with van der Waals surface area (Å²) in [6.45, 7) is -1.04. The van der Waals surface area contributed by atoms with Crippen molar-refractivity contribution < 1.29 is 23.9 Å². The molecular weight excluding hydrogens is 418 g/mol. The van der Waals surface area contributed by atoms with Crippen molar-refractivity contribution in [1.29, 1.82) is 5.26 Å². The molecule has 2 heterocycles. The fourth-order valence-corrected chi connectivity index (χ4v) is 5.71. The van der Waals surface area contributed by atoms with Gasteiger partial charge in [0.15, 0.2) is 6.61 Å². The van der Waals surface area contributed by atoms with Gasteiger partial charge in [-0.05, 0) is 44.1 Å². The lowest BCUT2D eigenvalue weighted by molar-refractivity contribution is -0.154. The third-order valence-electron chi connectivity index (χ3n) is 6.04. The quantitative estimate of drug-likeness (QED) is 0.324. The lowest BCUT2D eigenvalue weighted by atomic mass is 9.85. The van der Waals surface area contributed by atoms with E-state index in [0.717, 1.165) is 47.4 Å². The number of imide groups is 1. The number of carbonyl (C=O) groups is 4.